The third-order valence-corrected chi connectivity index (χ3v) is 4.10. The molecule has 1 aliphatic rings. The Morgan fingerprint density at radius 2 is 2.00 bits per heavy atom. The monoisotopic (exact) mass is 274 g/mol. The van der Waals surface area contributed by atoms with Crippen LogP contribution >= 0.6 is 0 Å². The molecule has 1 aromatic rings. The van der Waals surface area contributed by atoms with Gasteiger partial charge < -0.3 is 10.6 Å². The van der Waals surface area contributed by atoms with E-state index < -0.39 is 0 Å². The molecule has 110 valence electrons. The van der Waals surface area contributed by atoms with Crippen LogP contribution in [0.15, 0.2) is 24.3 Å². The minimum Gasteiger partial charge on any atom is -0.335 e. The van der Waals surface area contributed by atoms with E-state index in [1.165, 1.54) is 18.4 Å². The highest BCUT2D eigenvalue weighted by atomic mass is 16.2. The zero-order chi connectivity index (χ0) is 14.5. The average Bonchev–Trinajstić information content (AvgIpc) is 2.38. The molecular formula is C17H26N2O. The zero-order valence-electron chi connectivity index (χ0n) is 12.8. The Kier molecular flexibility index (Phi) is 5.05. The summed E-state index contributed by atoms with van der Waals surface area (Å²) in [4.78, 5) is 12.1. The van der Waals surface area contributed by atoms with Gasteiger partial charge in [-0.2, -0.15) is 0 Å². The maximum absolute atomic E-state index is 12.1. The van der Waals surface area contributed by atoms with Gasteiger partial charge in [-0.1, -0.05) is 51.8 Å². The first kappa shape index (κ1) is 14.9. The van der Waals surface area contributed by atoms with E-state index >= 15 is 0 Å². The zero-order valence-corrected chi connectivity index (χ0v) is 12.8. The third kappa shape index (κ3) is 3.99. The first-order chi connectivity index (χ1) is 9.56. The molecule has 0 aliphatic heterocycles. The lowest BCUT2D eigenvalue weighted by Crippen LogP contribution is -2.40. The fourth-order valence-electron chi connectivity index (χ4n) is 3.02. The Bertz CT molecular complexity index is 456. The van der Waals surface area contributed by atoms with Crippen molar-refractivity contribution in [2.24, 2.45) is 5.92 Å². The number of carbonyl (C=O) groups excluding carboxylic acids is 1. The van der Waals surface area contributed by atoms with Crippen molar-refractivity contribution in [1.82, 2.24) is 5.32 Å². The maximum atomic E-state index is 12.1. The van der Waals surface area contributed by atoms with Gasteiger partial charge in [0.15, 0.2) is 0 Å². The first-order valence-corrected chi connectivity index (χ1v) is 7.72. The summed E-state index contributed by atoms with van der Waals surface area (Å²) >= 11 is 0. The Morgan fingerprint density at radius 3 is 2.70 bits per heavy atom. The number of hydrogen-bond donors (Lipinski definition) is 2. The van der Waals surface area contributed by atoms with Gasteiger partial charge in [0.05, 0.1) is 0 Å². The van der Waals surface area contributed by atoms with Crippen molar-refractivity contribution in [3.05, 3.63) is 29.8 Å². The van der Waals surface area contributed by atoms with E-state index in [4.69, 9.17) is 0 Å². The first-order valence-electron chi connectivity index (χ1n) is 7.72. The maximum Gasteiger partial charge on any atom is 0.319 e. The molecule has 0 saturated heterocycles. The minimum atomic E-state index is -0.0720. The molecule has 2 amide bonds. The smallest absolute Gasteiger partial charge is 0.319 e. The van der Waals surface area contributed by atoms with Crippen LogP contribution in [0.2, 0.25) is 0 Å². The standard InChI is InChI=1S/C17H26N2O/c1-12(2)15-9-4-5-10-16(15)19-17(20)18-14-8-6-7-13(3)11-14/h4-5,9-10,12-14H,6-8,11H2,1-3H3,(H2,18,19,20)/t13-,14+/m1/s1. The Balaban J connectivity index is 1.94. The molecule has 0 aromatic heterocycles. The summed E-state index contributed by atoms with van der Waals surface area (Å²) in [6, 6.07) is 8.27. The molecule has 0 spiro atoms. The highest BCUT2D eigenvalue weighted by molar-refractivity contribution is 5.90. The SMILES string of the molecule is CC(C)c1ccccc1NC(=O)N[C@H]1CCC[C@@H](C)C1. The molecule has 1 saturated carbocycles. The van der Waals surface area contributed by atoms with Crippen LogP contribution in [0, 0.1) is 5.92 Å². The van der Waals surface area contributed by atoms with Gasteiger partial charge >= 0.3 is 6.03 Å². The number of benzene rings is 1. The molecular weight excluding hydrogens is 248 g/mol. The summed E-state index contributed by atoms with van der Waals surface area (Å²) in [5, 5.41) is 6.12. The summed E-state index contributed by atoms with van der Waals surface area (Å²) in [5.41, 5.74) is 2.10. The molecule has 3 heteroatoms. The summed E-state index contributed by atoms with van der Waals surface area (Å²) in [5.74, 6) is 1.12. The van der Waals surface area contributed by atoms with Crippen LogP contribution in [-0.4, -0.2) is 12.1 Å². The van der Waals surface area contributed by atoms with Crippen LogP contribution < -0.4 is 10.6 Å². The van der Waals surface area contributed by atoms with Crippen LogP contribution in [0.3, 0.4) is 0 Å². The summed E-state index contributed by atoms with van der Waals surface area (Å²) < 4.78 is 0. The van der Waals surface area contributed by atoms with E-state index in [1.54, 1.807) is 0 Å². The topological polar surface area (TPSA) is 41.1 Å². The molecule has 0 bridgehead atoms. The number of nitrogens with one attached hydrogen (secondary N) is 2. The van der Waals surface area contributed by atoms with Crippen molar-refractivity contribution >= 4 is 11.7 Å². The molecule has 0 unspecified atom stereocenters. The summed E-state index contributed by atoms with van der Waals surface area (Å²) in [6.45, 7) is 6.54. The van der Waals surface area contributed by atoms with Gasteiger partial charge in [0.1, 0.15) is 0 Å². The average molecular weight is 274 g/mol. The third-order valence-electron chi connectivity index (χ3n) is 4.10. The lowest BCUT2D eigenvalue weighted by molar-refractivity contribution is 0.238. The number of para-hydroxylation sites is 1. The van der Waals surface area contributed by atoms with Gasteiger partial charge in [-0.3, -0.25) is 0 Å². The number of carbonyl (C=O) groups is 1. The lowest BCUT2D eigenvalue weighted by Gasteiger charge is -2.27. The molecule has 0 heterocycles. The predicted octanol–water partition coefficient (Wildman–Crippen LogP) is 4.51. The van der Waals surface area contributed by atoms with Gasteiger partial charge in [-0.25, -0.2) is 4.79 Å². The second-order valence-corrected chi connectivity index (χ2v) is 6.31. The Hall–Kier alpha value is -1.51. The van der Waals surface area contributed by atoms with Crippen LogP contribution in [0.1, 0.15) is 57.9 Å². The van der Waals surface area contributed by atoms with E-state index in [-0.39, 0.29) is 6.03 Å². The van der Waals surface area contributed by atoms with Crippen LogP contribution in [0.5, 0.6) is 0 Å². The molecule has 2 rings (SSSR count). The minimum absolute atomic E-state index is 0.0720. The second-order valence-electron chi connectivity index (χ2n) is 6.31. The van der Waals surface area contributed by atoms with E-state index in [1.807, 2.05) is 18.2 Å². The highest BCUT2D eigenvalue weighted by Gasteiger charge is 2.20. The van der Waals surface area contributed by atoms with Crippen LogP contribution in [-0.2, 0) is 0 Å². The van der Waals surface area contributed by atoms with Crippen molar-refractivity contribution in [2.45, 2.75) is 58.4 Å². The van der Waals surface area contributed by atoms with Crippen molar-refractivity contribution in [1.29, 1.82) is 0 Å². The van der Waals surface area contributed by atoms with Gasteiger partial charge in [0, 0.05) is 11.7 Å². The highest BCUT2D eigenvalue weighted by Crippen LogP contribution is 2.25. The molecule has 0 radical (unpaired) electrons. The quantitative estimate of drug-likeness (QED) is 0.836. The van der Waals surface area contributed by atoms with Crippen molar-refractivity contribution in [3.63, 3.8) is 0 Å². The number of rotatable bonds is 3. The van der Waals surface area contributed by atoms with Crippen molar-refractivity contribution in [3.8, 4) is 0 Å². The van der Waals surface area contributed by atoms with Gasteiger partial charge in [0.25, 0.3) is 0 Å². The Labute approximate surface area is 122 Å². The molecule has 3 nitrogen and oxygen atoms in total. The second kappa shape index (κ2) is 6.78. The molecule has 1 aromatic carbocycles. The van der Waals surface area contributed by atoms with E-state index in [0.29, 0.717) is 12.0 Å². The number of hydrogen-bond acceptors (Lipinski definition) is 1. The Morgan fingerprint density at radius 1 is 1.25 bits per heavy atom. The van der Waals surface area contributed by atoms with E-state index in [2.05, 4.69) is 37.5 Å². The lowest BCUT2D eigenvalue weighted by atomic mass is 9.87. The summed E-state index contributed by atoms with van der Waals surface area (Å²) in [6.07, 6.45) is 4.70. The van der Waals surface area contributed by atoms with Crippen LogP contribution in [0.25, 0.3) is 0 Å². The van der Waals surface area contributed by atoms with Crippen LogP contribution in [0.4, 0.5) is 10.5 Å². The van der Waals surface area contributed by atoms with Gasteiger partial charge in [-0.15, -0.1) is 0 Å². The van der Waals surface area contributed by atoms with E-state index in [0.717, 1.165) is 24.4 Å². The normalized spacial score (nSPS) is 22.6. The molecule has 20 heavy (non-hydrogen) atoms. The number of anilines is 1. The summed E-state index contributed by atoms with van der Waals surface area (Å²) in [7, 11) is 0. The largest absolute Gasteiger partial charge is 0.335 e. The number of amides is 2. The molecule has 2 atom stereocenters. The van der Waals surface area contributed by atoms with Crippen molar-refractivity contribution < 1.29 is 4.79 Å². The molecule has 1 fully saturated rings. The fraction of sp³-hybridized carbons (Fsp3) is 0.588. The molecule has 1 aliphatic carbocycles. The van der Waals surface area contributed by atoms with E-state index in [9.17, 15) is 4.79 Å². The molecule has 2 N–H and O–H groups in total. The predicted molar refractivity (Wildman–Crippen MR) is 84.1 cm³/mol. The van der Waals surface area contributed by atoms with Gasteiger partial charge in [-0.05, 0) is 36.3 Å². The van der Waals surface area contributed by atoms with Gasteiger partial charge in [0.2, 0.25) is 0 Å². The fourth-order valence-corrected chi connectivity index (χ4v) is 3.02. The number of urea groups is 1. The van der Waals surface area contributed by atoms with Crippen molar-refractivity contribution in [2.75, 3.05) is 5.32 Å².